The Bertz CT molecular complexity index is 42.2. The molecule has 0 aliphatic carbocycles. The Morgan fingerprint density at radius 2 is 2.20 bits per heavy atom. The highest BCUT2D eigenvalue weighted by Gasteiger charge is 1.80. The van der Waals surface area contributed by atoms with Gasteiger partial charge in [0.05, 0.1) is 0 Å². The van der Waals surface area contributed by atoms with Crippen molar-refractivity contribution in [2.75, 3.05) is 0 Å². The van der Waals surface area contributed by atoms with Gasteiger partial charge in [0.15, 0.2) is 3.79 Å². The van der Waals surface area contributed by atoms with Gasteiger partial charge in [-0.1, -0.05) is 0 Å². The number of hydrogen-bond donors (Lipinski definition) is 0. The van der Waals surface area contributed by atoms with E-state index < -0.39 is 0 Å². The van der Waals surface area contributed by atoms with Crippen molar-refractivity contribution in [3.8, 4) is 0 Å². The van der Waals surface area contributed by atoms with E-state index in [-0.39, 0.29) is 3.79 Å². The van der Waals surface area contributed by atoms with Gasteiger partial charge in [-0.15, -0.1) is 0 Å². The maximum Gasteiger partial charge on any atom is 0.192 e. The van der Waals surface area contributed by atoms with Gasteiger partial charge in [0, 0.05) is 6.42 Å². The van der Waals surface area contributed by atoms with Gasteiger partial charge in [-0.25, -0.2) is 0 Å². The molecular weight excluding hydrogens is 179 g/mol. The number of hydrogen-bond acceptors (Lipinski definition) is 1. The average Bonchev–Trinajstić information content (AvgIpc) is 1.38. The SMILES string of the molecule is [CH2]CC(=O)I. The first-order valence-corrected chi connectivity index (χ1v) is 2.33. The third kappa shape index (κ3) is 4.40. The Balaban J connectivity index is 2.85. The van der Waals surface area contributed by atoms with E-state index in [0.29, 0.717) is 6.42 Å². The third-order valence-electron chi connectivity index (χ3n) is 0.197. The highest BCUT2D eigenvalue weighted by molar-refractivity contribution is 14.1. The summed E-state index contributed by atoms with van der Waals surface area (Å²) < 4.78 is 0.114. The molecule has 0 N–H and O–H groups in total. The Hall–Kier alpha value is 0.400. The van der Waals surface area contributed by atoms with Gasteiger partial charge >= 0.3 is 0 Å². The molecule has 1 nitrogen and oxygen atoms in total. The standard InChI is InChI=1S/C3H4IO/c1-2-3(4)5/h1-2H2. The molecule has 0 aromatic heterocycles. The second kappa shape index (κ2) is 2.63. The van der Waals surface area contributed by atoms with Crippen LogP contribution in [0.15, 0.2) is 0 Å². The minimum atomic E-state index is 0.114. The zero-order valence-corrected chi connectivity index (χ0v) is 4.86. The second-order valence-corrected chi connectivity index (χ2v) is 1.81. The van der Waals surface area contributed by atoms with Crippen molar-refractivity contribution in [1.29, 1.82) is 0 Å². The minimum Gasteiger partial charge on any atom is -0.288 e. The van der Waals surface area contributed by atoms with Crippen molar-refractivity contribution in [1.82, 2.24) is 0 Å². The monoisotopic (exact) mass is 183 g/mol. The first-order chi connectivity index (χ1) is 2.27. The number of carbonyl (C=O) groups is 1. The van der Waals surface area contributed by atoms with E-state index in [1.54, 1.807) is 22.6 Å². The number of rotatable bonds is 1. The molecule has 5 heavy (non-hydrogen) atoms. The van der Waals surface area contributed by atoms with Crippen LogP contribution >= 0.6 is 22.6 Å². The largest absolute Gasteiger partial charge is 0.288 e. The normalized spacial score (nSPS) is 7.60. The molecule has 0 saturated carbocycles. The first kappa shape index (κ1) is 5.40. The summed E-state index contributed by atoms with van der Waals surface area (Å²) in [5.74, 6) is 0. The summed E-state index contributed by atoms with van der Waals surface area (Å²) in [6, 6.07) is 0. The van der Waals surface area contributed by atoms with Crippen LogP contribution < -0.4 is 0 Å². The molecule has 0 bridgehead atoms. The maximum atomic E-state index is 9.74. The Kier molecular flexibility index (Phi) is 2.84. The molecule has 0 unspecified atom stereocenters. The van der Waals surface area contributed by atoms with Gasteiger partial charge in [-0.05, 0) is 29.5 Å². The van der Waals surface area contributed by atoms with Gasteiger partial charge in [0.2, 0.25) is 0 Å². The van der Waals surface area contributed by atoms with E-state index >= 15 is 0 Å². The smallest absolute Gasteiger partial charge is 0.192 e. The van der Waals surface area contributed by atoms with E-state index in [4.69, 9.17) is 0 Å². The van der Waals surface area contributed by atoms with E-state index in [0.717, 1.165) is 0 Å². The molecule has 0 spiro atoms. The second-order valence-electron chi connectivity index (χ2n) is 0.605. The van der Waals surface area contributed by atoms with Gasteiger partial charge in [-0.3, -0.25) is 4.79 Å². The Morgan fingerprint density at radius 3 is 2.20 bits per heavy atom. The molecule has 29 valence electrons. The summed E-state index contributed by atoms with van der Waals surface area (Å²) in [4.78, 5) is 9.74. The fraction of sp³-hybridized carbons (Fsp3) is 0.333. The van der Waals surface area contributed by atoms with Crippen molar-refractivity contribution in [3.05, 3.63) is 6.92 Å². The molecule has 0 aliphatic rings. The summed E-state index contributed by atoms with van der Waals surface area (Å²) in [6.07, 6.45) is 0.403. The topological polar surface area (TPSA) is 17.1 Å². The van der Waals surface area contributed by atoms with Crippen molar-refractivity contribution in [2.45, 2.75) is 6.42 Å². The molecule has 0 heterocycles. The van der Waals surface area contributed by atoms with Crippen LogP contribution in [0.3, 0.4) is 0 Å². The van der Waals surface area contributed by atoms with Crippen LogP contribution in [-0.4, -0.2) is 3.79 Å². The zero-order valence-electron chi connectivity index (χ0n) is 2.70. The van der Waals surface area contributed by atoms with Crippen LogP contribution in [-0.2, 0) is 4.79 Å². The van der Waals surface area contributed by atoms with E-state index in [9.17, 15) is 4.79 Å². The van der Waals surface area contributed by atoms with Crippen LogP contribution in [0.2, 0.25) is 0 Å². The Morgan fingerprint density at radius 1 is 2.00 bits per heavy atom. The van der Waals surface area contributed by atoms with E-state index in [1.165, 1.54) is 0 Å². The highest BCUT2D eigenvalue weighted by Crippen LogP contribution is 1.86. The molecule has 1 radical (unpaired) electrons. The first-order valence-electron chi connectivity index (χ1n) is 1.25. The minimum absolute atomic E-state index is 0.114. The molecule has 0 atom stereocenters. The van der Waals surface area contributed by atoms with E-state index in [1.807, 2.05) is 0 Å². The molecule has 0 amide bonds. The molecule has 0 aromatic carbocycles. The van der Waals surface area contributed by atoms with Crippen LogP contribution in [0, 0.1) is 6.92 Å². The van der Waals surface area contributed by atoms with E-state index in [2.05, 4.69) is 6.92 Å². The lowest BCUT2D eigenvalue weighted by atomic mass is 10.6. The fourth-order valence-corrected chi connectivity index (χ4v) is 0. The van der Waals surface area contributed by atoms with Crippen molar-refractivity contribution in [3.63, 3.8) is 0 Å². The summed E-state index contributed by atoms with van der Waals surface area (Å²) in [5, 5.41) is 0. The lowest BCUT2D eigenvalue weighted by Crippen LogP contribution is -1.73. The average molecular weight is 183 g/mol. The number of carbonyl (C=O) groups excluding carboxylic acids is 1. The lowest BCUT2D eigenvalue weighted by Gasteiger charge is -1.68. The maximum absolute atomic E-state index is 9.74. The Labute approximate surface area is 44.9 Å². The summed E-state index contributed by atoms with van der Waals surface area (Å²) in [7, 11) is 0. The summed E-state index contributed by atoms with van der Waals surface area (Å²) in [6.45, 7) is 3.33. The molecule has 0 aromatic rings. The molecule has 0 saturated heterocycles. The predicted octanol–water partition coefficient (Wildman–Crippen LogP) is 1.17. The summed E-state index contributed by atoms with van der Waals surface area (Å²) in [5.41, 5.74) is 0. The molecule has 0 fully saturated rings. The number of halogens is 1. The van der Waals surface area contributed by atoms with Crippen molar-refractivity contribution in [2.24, 2.45) is 0 Å². The summed E-state index contributed by atoms with van der Waals surface area (Å²) >= 11 is 1.70. The van der Waals surface area contributed by atoms with Gasteiger partial charge in [-0.2, -0.15) is 0 Å². The van der Waals surface area contributed by atoms with Crippen LogP contribution in [0.25, 0.3) is 0 Å². The van der Waals surface area contributed by atoms with Crippen LogP contribution in [0.1, 0.15) is 6.42 Å². The van der Waals surface area contributed by atoms with Gasteiger partial charge in [0.25, 0.3) is 0 Å². The van der Waals surface area contributed by atoms with Crippen LogP contribution in [0.4, 0.5) is 0 Å². The molecule has 2 heteroatoms. The zero-order chi connectivity index (χ0) is 4.28. The fourth-order valence-electron chi connectivity index (χ4n) is 0. The predicted molar refractivity (Wildman–Crippen MR) is 29.0 cm³/mol. The van der Waals surface area contributed by atoms with Crippen molar-refractivity contribution < 1.29 is 4.79 Å². The molecular formula is C3H4IO. The lowest BCUT2D eigenvalue weighted by molar-refractivity contribution is -0.108. The molecule has 0 aliphatic heterocycles. The van der Waals surface area contributed by atoms with Gasteiger partial charge < -0.3 is 0 Å². The quantitative estimate of drug-likeness (QED) is 0.440. The van der Waals surface area contributed by atoms with Gasteiger partial charge in [0.1, 0.15) is 0 Å². The van der Waals surface area contributed by atoms with Crippen LogP contribution in [0.5, 0.6) is 0 Å². The highest BCUT2D eigenvalue weighted by atomic mass is 127. The molecule has 0 rings (SSSR count). The third-order valence-corrected chi connectivity index (χ3v) is 0.736. The van der Waals surface area contributed by atoms with Crippen molar-refractivity contribution >= 4 is 26.4 Å².